The van der Waals surface area contributed by atoms with Gasteiger partial charge in [0, 0.05) is 6.54 Å². The highest BCUT2D eigenvalue weighted by Gasteiger charge is 2.11. The molecule has 4 rings (SSSR count). The average Bonchev–Trinajstić information content (AvgIpc) is 3.28. The molecule has 0 aliphatic carbocycles. The van der Waals surface area contributed by atoms with Crippen molar-refractivity contribution in [2.45, 2.75) is 13.1 Å². The summed E-state index contributed by atoms with van der Waals surface area (Å²) in [6.45, 7) is 0.825. The van der Waals surface area contributed by atoms with Gasteiger partial charge in [0.25, 0.3) is 5.56 Å². The standard InChI is InChI=1S/C23H21N3O3/c1-28-19-7-9-21-20(13-19)23(27)26(15-17-5-2-4-16(12-17)14-24)22(25-21)10-8-18-6-3-11-29-18/h2-13H,14-15,24H2,1H3/b10-8+. The van der Waals surface area contributed by atoms with Crippen LogP contribution >= 0.6 is 0 Å². The van der Waals surface area contributed by atoms with E-state index in [4.69, 9.17) is 19.9 Å². The Morgan fingerprint density at radius 1 is 1.10 bits per heavy atom. The van der Waals surface area contributed by atoms with Crippen LogP contribution in [0.2, 0.25) is 0 Å². The lowest BCUT2D eigenvalue weighted by Gasteiger charge is -2.13. The fourth-order valence-electron chi connectivity index (χ4n) is 3.20. The van der Waals surface area contributed by atoms with Crippen LogP contribution in [0.4, 0.5) is 0 Å². The number of ether oxygens (including phenoxy) is 1. The van der Waals surface area contributed by atoms with E-state index in [1.54, 1.807) is 48.3 Å². The fraction of sp³-hybridized carbons (Fsp3) is 0.130. The number of rotatable bonds is 6. The number of methoxy groups -OCH3 is 1. The first kappa shape index (κ1) is 18.7. The van der Waals surface area contributed by atoms with Crippen molar-refractivity contribution in [3.8, 4) is 5.75 Å². The Bertz CT molecular complexity index is 1220. The molecule has 6 heteroatoms. The SMILES string of the molecule is COc1ccc2nc(/C=C/c3ccco3)n(Cc3cccc(CN)c3)c(=O)c2c1. The van der Waals surface area contributed by atoms with E-state index < -0.39 is 0 Å². The van der Waals surface area contributed by atoms with Gasteiger partial charge in [-0.3, -0.25) is 9.36 Å². The minimum atomic E-state index is -0.133. The van der Waals surface area contributed by atoms with Crippen LogP contribution in [-0.4, -0.2) is 16.7 Å². The van der Waals surface area contributed by atoms with Gasteiger partial charge in [-0.25, -0.2) is 4.98 Å². The molecule has 4 aromatic rings. The molecule has 0 aliphatic rings. The molecule has 2 aromatic carbocycles. The number of nitrogens with zero attached hydrogens (tertiary/aromatic N) is 2. The summed E-state index contributed by atoms with van der Waals surface area (Å²) < 4.78 is 12.3. The Kier molecular flexibility index (Phi) is 5.27. The monoisotopic (exact) mass is 387 g/mol. The van der Waals surface area contributed by atoms with Crippen molar-refractivity contribution in [1.29, 1.82) is 0 Å². The zero-order valence-corrected chi connectivity index (χ0v) is 16.0. The summed E-state index contributed by atoms with van der Waals surface area (Å²) in [5.41, 5.74) is 8.23. The van der Waals surface area contributed by atoms with Gasteiger partial charge in [0.2, 0.25) is 0 Å². The van der Waals surface area contributed by atoms with Gasteiger partial charge in [0.05, 0.1) is 30.8 Å². The highest BCUT2D eigenvalue weighted by atomic mass is 16.5. The molecule has 6 nitrogen and oxygen atoms in total. The fourth-order valence-corrected chi connectivity index (χ4v) is 3.20. The lowest BCUT2D eigenvalue weighted by molar-refractivity contribution is 0.415. The smallest absolute Gasteiger partial charge is 0.262 e. The third-order valence-corrected chi connectivity index (χ3v) is 4.70. The van der Waals surface area contributed by atoms with Gasteiger partial charge in [-0.2, -0.15) is 0 Å². The second-order valence-corrected chi connectivity index (χ2v) is 6.62. The van der Waals surface area contributed by atoms with Crippen LogP contribution in [0.3, 0.4) is 0 Å². The van der Waals surface area contributed by atoms with Crippen molar-refractivity contribution >= 4 is 23.1 Å². The Balaban J connectivity index is 1.86. The first-order valence-electron chi connectivity index (χ1n) is 9.26. The maximum Gasteiger partial charge on any atom is 0.262 e. The first-order chi connectivity index (χ1) is 14.2. The quantitative estimate of drug-likeness (QED) is 0.546. The zero-order chi connectivity index (χ0) is 20.2. The summed E-state index contributed by atoms with van der Waals surface area (Å²) in [5.74, 6) is 1.85. The van der Waals surface area contributed by atoms with E-state index >= 15 is 0 Å². The van der Waals surface area contributed by atoms with Crippen LogP contribution in [0.1, 0.15) is 22.7 Å². The summed E-state index contributed by atoms with van der Waals surface area (Å²) in [6, 6.07) is 16.8. The van der Waals surface area contributed by atoms with Crippen LogP contribution in [0, 0.1) is 0 Å². The number of fused-ring (bicyclic) bond motifs is 1. The molecule has 146 valence electrons. The van der Waals surface area contributed by atoms with Crippen molar-refractivity contribution in [3.63, 3.8) is 0 Å². The summed E-state index contributed by atoms with van der Waals surface area (Å²) >= 11 is 0. The number of hydrogen-bond donors (Lipinski definition) is 1. The molecule has 0 aliphatic heterocycles. The summed E-state index contributed by atoms with van der Waals surface area (Å²) in [7, 11) is 1.58. The molecule has 0 atom stereocenters. The minimum Gasteiger partial charge on any atom is -0.497 e. The normalized spacial score (nSPS) is 11.4. The van der Waals surface area contributed by atoms with Gasteiger partial charge in [0.1, 0.15) is 17.3 Å². The van der Waals surface area contributed by atoms with Gasteiger partial charge in [-0.05, 0) is 53.6 Å². The summed E-state index contributed by atoms with van der Waals surface area (Å²) in [5, 5.41) is 0.509. The van der Waals surface area contributed by atoms with Crippen molar-refractivity contribution in [1.82, 2.24) is 9.55 Å². The molecular weight excluding hydrogens is 366 g/mol. The van der Waals surface area contributed by atoms with Gasteiger partial charge >= 0.3 is 0 Å². The highest BCUT2D eigenvalue weighted by molar-refractivity contribution is 5.80. The largest absolute Gasteiger partial charge is 0.497 e. The first-order valence-corrected chi connectivity index (χ1v) is 9.26. The van der Waals surface area contributed by atoms with Gasteiger partial charge in [0.15, 0.2) is 0 Å². The van der Waals surface area contributed by atoms with E-state index in [-0.39, 0.29) is 5.56 Å². The predicted octanol–water partition coefficient (Wildman–Crippen LogP) is 3.68. The number of benzene rings is 2. The Morgan fingerprint density at radius 3 is 2.72 bits per heavy atom. The van der Waals surface area contributed by atoms with Crippen molar-refractivity contribution in [2.24, 2.45) is 5.73 Å². The molecule has 2 N–H and O–H groups in total. The van der Waals surface area contributed by atoms with E-state index in [1.165, 1.54) is 0 Å². The zero-order valence-electron chi connectivity index (χ0n) is 16.0. The molecule has 29 heavy (non-hydrogen) atoms. The molecule has 0 unspecified atom stereocenters. The van der Waals surface area contributed by atoms with Gasteiger partial charge < -0.3 is 14.9 Å². The van der Waals surface area contributed by atoms with Crippen LogP contribution in [0.15, 0.2) is 70.1 Å². The number of furan rings is 1. The van der Waals surface area contributed by atoms with E-state index in [1.807, 2.05) is 36.4 Å². The van der Waals surface area contributed by atoms with Gasteiger partial charge in [-0.15, -0.1) is 0 Å². The maximum atomic E-state index is 13.3. The number of hydrogen-bond acceptors (Lipinski definition) is 5. The van der Waals surface area contributed by atoms with E-state index in [0.717, 1.165) is 11.1 Å². The second kappa shape index (κ2) is 8.16. The molecule has 0 saturated carbocycles. The van der Waals surface area contributed by atoms with E-state index in [0.29, 0.717) is 41.3 Å². The van der Waals surface area contributed by atoms with E-state index in [9.17, 15) is 4.79 Å². The lowest BCUT2D eigenvalue weighted by Crippen LogP contribution is -2.24. The molecular formula is C23H21N3O3. The van der Waals surface area contributed by atoms with Crippen molar-refractivity contribution in [2.75, 3.05) is 7.11 Å². The maximum absolute atomic E-state index is 13.3. The predicted molar refractivity (Wildman–Crippen MR) is 114 cm³/mol. The Labute approximate surface area is 167 Å². The molecule has 0 spiro atoms. The summed E-state index contributed by atoms with van der Waals surface area (Å²) in [4.78, 5) is 18.0. The van der Waals surface area contributed by atoms with Crippen LogP contribution in [-0.2, 0) is 13.1 Å². The highest BCUT2D eigenvalue weighted by Crippen LogP contribution is 2.18. The molecule has 0 bridgehead atoms. The topological polar surface area (TPSA) is 83.3 Å². The van der Waals surface area contributed by atoms with Crippen LogP contribution in [0.5, 0.6) is 5.75 Å². The molecule has 2 heterocycles. The van der Waals surface area contributed by atoms with E-state index in [2.05, 4.69) is 0 Å². The molecule has 0 amide bonds. The van der Waals surface area contributed by atoms with Crippen molar-refractivity contribution < 1.29 is 9.15 Å². The second-order valence-electron chi connectivity index (χ2n) is 6.62. The lowest BCUT2D eigenvalue weighted by atomic mass is 10.1. The summed E-state index contributed by atoms with van der Waals surface area (Å²) in [6.07, 6.45) is 5.19. The Hall–Kier alpha value is -3.64. The molecule has 2 aromatic heterocycles. The third-order valence-electron chi connectivity index (χ3n) is 4.70. The third kappa shape index (κ3) is 3.97. The minimum absolute atomic E-state index is 0.133. The van der Waals surface area contributed by atoms with Gasteiger partial charge in [-0.1, -0.05) is 24.3 Å². The van der Waals surface area contributed by atoms with Crippen LogP contribution in [0.25, 0.3) is 23.1 Å². The average molecular weight is 387 g/mol. The Morgan fingerprint density at radius 2 is 1.97 bits per heavy atom. The molecule has 0 fully saturated rings. The van der Waals surface area contributed by atoms with Crippen LogP contribution < -0.4 is 16.0 Å². The number of aromatic nitrogens is 2. The number of nitrogens with two attached hydrogens (primary N) is 1. The van der Waals surface area contributed by atoms with Crippen molar-refractivity contribution in [3.05, 3.63) is 93.9 Å². The molecule has 0 saturated heterocycles. The molecule has 0 radical (unpaired) electrons.